The molecule has 0 fully saturated rings. The van der Waals surface area contributed by atoms with Crippen molar-refractivity contribution in [2.24, 2.45) is 5.10 Å². The van der Waals surface area contributed by atoms with Crippen molar-refractivity contribution in [3.8, 4) is 0 Å². The molecule has 0 saturated heterocycles. The number of hydrogen-bond donors (Lipinski definition) is 1. The van der Waals surface area contributed by atoms with Gasteiger partial charge in [-0.3, -0.25) is 4.79 Å². The van der Waals surface area contributed by atoms with Crippen molar-refractivity contribution >= 4 is 11.6 Å². The van der Waals surface area contributed by atoms with Crippen molar-refractivity contribution in [2.45, 2.75) is 53.9 Å². The summed E-state index contributed by atoms with van der Waals surface area (Å²) in [6.45, 7) is 10.3. The lowest BCUT2D eigenvalue weighted by Gasteiger charge is -2.10. The van der Waals surface area contributed by atoms with Crippen LogP contribution in [0.25, 0.3) is 0 Å². The first-order valence-electron chi connectivity index (χ1n) is 8.96. The third-order valence-corrected chi connectivity index (χ3v) is 4.55. The fourth-order valence-electron chi connectivity index (χ4n) is 2.95. The van der Waals surface area contributed by atoms with Gasteiger partial charge >= 0.3 is 0 Å². The minimum Gasteiger partial charge on any atom is -0.273 e. The van der Waals surface area contributed by atoms with Gasteiger partial charge in [-0.05, 0) is 61.9 Å². The fraction of sp³-hybridized carbons (Fsp3) is 0.364. The van der Waals surface area contributed by atoms with Crippen LogP contribution in [0.2, 0.25) is 0 Å². The van der Waals surface area contributed by atoms with Gasteiger partial charge in [0.2, 0.25) is 5.91 Å². The predicted molar refractivity (Wildman–Crippen MR) is 105 cm³/mol. The molecule has 1 N–H and O–H groups in total. The highest BCUT2D eigenvalue weighted by atomic mass is 16.2. The van der Waals surface area contributed by atoms with Gasteiger partial charge in [-0.1, -0.05) is 49.7 Å². The summed E-state index contributed by atoms with van der Waals surface area (Å²) in [6.07, 6.45) is 2.28. The van der Waals surface area contributed by atoms with Crippen molar-refractivity contribution in [1.82, 2.24) is 5.43 Å². The molecule has 1 amide bonds. The molecule has 2 aromatic carbocycles. The van der Waals surface area contributed by atoms with Crippen LogP contribution in [0.1, 0.15) is 54.2 Å². The molecule has 2 aromatic rings. The van der Waals surface area contributed by atoms with Gasteiger partial charge in [-0.2, -0.15) is 5.10 Å². The van der Waals surface area contributed by atoms with Gasteiger partial charge in [-0.25, -0.2) is 5.43 Å². The SMILES string of the molecule is CCc1ccc(CC)c(/C(C)=N/NC(=O)Cc2ccc(C)cc2C)c1. The van der Waals surface area contributed by atoms with Gasteiger partial charge in [0.25, 0.3) is 0 Å². The Balaban J connectivity index is 2.11. The summed E-state index contributed by atoms with van der Waals surface area (Å²) in [5, 5.41) is 4.34. The number of hydrogen-bond acceptors (Lipinski definition) is 2. The summed E-state index contributed by atoms with van der Waals surface area (Å²) in [4.78, 5) is 12.2. The number of aryl methyl sites for hydroxylation is 4. The Bertz CT molecular complexity index is 791. The third kappa shape index (κ3) is 5.02. The zero-order valence-corrected chi connectivity index (χ0v) is 15.9. The fourth-order valence-corrected chi connectivity index (χ4v) is 2.95. The van der Waals surface area contributed by atoms with Gasteiger partial charge in [0.15, 0.2) is 0 Å². The summed E-state index contributed by atoms with van der Waals surface area (Å²) in [5.74, 6) is -0.0870. The predicted octanol–water partition coefficient (Wildman–Crippen LogP) is 4.51. The van der Waals surface area contributed by atoms with Crippen molar-refractivity contribution in [3.05, 3.63) is 69.8 Å². The average Bonchev–Trinajstić information content (AvgIpc) is 2.61. The molecule has 2 rings (SSSR count). The van der Waals surface area contributed by atoms with Gasteiger partial charge in [0.05, 0.1) is 12.1 Å². The summed E-state index contributed by atoms with van der Waals surface area (Å²) < 4.78 is 0. The van der Waals surface area contributed by atoms with Crippen molar-refractivity contribution in [3.63, 3.8) is 0 Å². The maximum absolute atomic E-state index is 12.2. The standard InChI is InChI=1S/C22H28N2O/c1-6-18-9-11-19(7-2)21(13-18)17(5)23-24-22(25)14-20-10-8-15(3)12-16(20)4/h8-13H,6-7,14H2,1-5H3,(H,24,25)/b23-17+. The second-order valence-corrected chi connectivity index (χ2v) is 6.54. The van der Waals surface area contributed by atoms with Crippen molar-refractivity contribution < 1.29 is 4.79 Å². The van der Waals surface area contributed by atoms with Crippen LogP contribution in [-0.2, 0) is 24.1 Å². The van der Waals surface area contributed by atoms with Crippen LogP contribution >= 0.6 is 0 Å². The molecule has 0 aliphatic carbocycles. The van der Waals surface area contributed by atoms with E-state index in [0.717, 1.165) is 35.2 Å². The number of hydrazone groups is 1. The molecule has 3 nitrogen and oxygen atoms in total. The molecule has 0 aliphatic heterocycles. The maximum atomic E-state index is 12.2. The lowest BCUT2D eigenvalue weighted by Crippen LogP contribution is -2.22. The van der Waals surface area contributed by atoms with E-state index in [1.807, 2.05) is 26.0 Å². The molecule has 0 saturated carbocycles. The zero-order chi connectivity index (χ0) is 18.4. The van der Waals surface area contributed by atoms with Crippen LogP contribution in [-0.4, -0.2) is 11.6 Å². The Kier molecular flexibility index (Phi) is 6.51. The van der Waals surface area contributed by atoms with E-state index in [2.05, 4.69) is 55.6 Å². The first kappa shape index (κ1) is 18.9. The Labute approximate surface area is 151 Å². The Morgan fingerprint density at radius 3 is 2.36 bits per heavy atom. The van der Waals surface area contributed by atoms with Crippen LogP contribution in [0.5, 0.6) is 0 Å². The number of carbonyl (C=O) groups excluding carboxylic acids is 1. The molecule has 0 atom stereocenters. The quantitative estimate of drug-likeness (QED) is 0.612. The smallest absolute Gasteiger partial charge is 0.244 e. The molecule has 0 aliphatic rings. The molecular weight excluding hydrogens is 308 g/mol. The van der Waals surface area contributed by atoms with E-state index in [-0.39, 0.29) is 5.91 Å². The van der Waals surface area contributed by atoms with E-state index in [1.54, 1.807) is 0 Å². The minimum atomic E-state index is -0.0870. The molecule has 0 aromatic heterocycles. The summed E-state index contributed by atoms with van der Waals surface area (Å²) in [5.41, 5.74) is 10.6. The van der Waals surface area contributed by atoms with E-state index in [0.29, 0.717) is 6.42 Å². The van der Waals surface area contributed by atoms with Crippen molar-refractivity contribution in [2.75, 3.05) is 0 Å². The van der Waals surface area contributed by atoms with Gasteiger partial charge in [-0.15, -0.1) is 0 Å². The highest BCUT2D eigenvalue weighted by Crippen LogP contribution is 2.15. The molecule has 25 heavy (non-hydrogen) atoms. The highest BCUT2D eigenvalue weighted by molar-refractivity contribution is 6.00. The van der Waals surface area contributed by atoms with E-state index >= 15 is 0 Å². The Morgan fingerprint density at radius 2 is 1.72 bits per heavy atom. The maximum Gasteiger partial charge on any atom is 0.244 e. The number of amides is 1. The Hall–Kier alpha value is -2.42. The van der Waals surface area contributed by atoms with Crippen molar-refractivity contribution in [1.29, 1.82) is 0 Å². The zero-order valence-electron chi connectivity index (χ0n) is 15.9. The number of carbonyl (C=O) groups is 1. The third-order valence-electron chi connectivity index (χ3n) is 4.55. The van der Waals surface area contributed by atoms with E-state index in [1.165, 1.54) is 16.7 Å². The number of benzene rings is 2. The monoisotopic (exact) mass is 336 g/mol. The normalized spacial score (nSPS) is 11.5. The Morgan fingerprint density at radius 1 is 1.00 bits per heavy atom. The molecule has 0 heterocycles. The summed E-state index contributed by atoms with van der Waals surface area (Å²) in [6, 6.07) is 12.6. The van der Waals surface area contributed by atoms with E-state index in [4.69, 9.17) is 0 Å². The van der Waals surface area contributed by atoms with Gasteiger partial charge in [0, 0.05) is 5.56 Å². The van der Waals surface area contributed by atoms with Crippen LogP contribution in [0, 0.1) is 13.8 Å². The topological polar surface area (TPSA) is 41.5 Å². The second-order valence-electron chi connectivity index (χ2n) is 6.54. The van der Waals surface area contributed by atoms with Gasteiger partial charge in [0.1, 0.15) is 0 Å². The molecular formula is C22H28N2O. The molecule has 0 radical (unpaired) electrons. The first-order chi connectivity index (χ1) is 11.9. The molecule has 0 spiro atoms. The van der Waals surface area contributed by atoms with Crippen LogP contribution in [0.15, 0.2) is 41.5 Å². The summed E-state index contributed by atoms with van der Waals surface area (Å²) in [7, 11) is 0. The van der Waals surface area contributed by atoms with Crippen LogP contribution in [0.3, 0.4) is 0 Å². The van der Waals surface area contributed by atoms with E-state index < -0.39 is 0 Å². The average molecular weight is 336 g/mol. The molecule has 3 heteroatoms. The van der Waals surface area contributed by atoms with Gasteiger partial charge < -0.3 is 0 Å². The van der Waals surface area contributed by atoms with Crippen LogP contribution < -0.4 is 5.43 Å². The minimum absolute atomic E-state index is 0.0870. The largest absolute Gasteiger partial charge is 0.273 e. The lowest BCUT2D eigenvalue weighted by atomic mass is 9.98. The second kappa shape index (κ2) is 8.61. The van der Waals surface area contributed by atoms with Crippen LogP contribution in [0.4, 0.5) is 0 Å². The molecule has 132 valence electrons. The molecule has 0 unspecified atom stereocenters. The number of nitrogens with zero attached hydrogens (tertiary/aromatic N) is 1. The first-order valence-corrected chi connectivity index (χ1v) is 8.96. The lowest BCUT2D eigenvalue weighted by molar-refractivity contribution is -0.120. The molecule has 0 bridgehead atoms. The number of rotatable bonds is 6. The van der Waals surface area contributed by atoms with E-state index in [9.17, 15) is 4.79 Å². The highest BCUT2D eigenvalue weighted by Gasteiger charge is 2.08. The number of nitrogens with one attached hydrogen (secondary N) is 1. The summed E-state index contributed by atoms with van der Waals surface area (Å²) >= 11 is 0.